The van der Waals surface area contributed by atoms with E-state index in [1.54, 1.807) is 21.9 Å². The number of carboxylic acid groups (broad SMARTS) is 4. The molecular weight excluding hydrogens is 726 g/mol. The van der Waals surface area contributed by atoms with Crippen LogP contribution < -0.4 is 42.1 Å². The summed E-state index contributed by atoms with van der Waals surface area (Å²) in [5.74, 6) is -6.50. The number of nitrogens with two attached hydrogens (primary N) is 1. The molecule has 12 bridgehead atoms. The van der Waals surface area contributed by atoms with Crippen molar-refractivity contribution in [1.29, 1.82) is 0 Å². The number of carbonyl (C=O) groups is 5. The van der Waals surface area contributed by atoms with E-state index in [-0.39, 0.29) is 114 Å². The lowest BCUT2D eigenvalue weighted by Gasteiger charge is -2.30. The molecule has 7 rings (SSSR count). The Kier molecular flexibility index (Phi) is 10.2. The van der Waals surface area contributed by atoms with E-state index in [0.29, 0.717) is 22.8 Å². The number of pyridine rings is 3. The summed E-state index contributed by atoms with van der Waals surface area (Å²) in [6.07, 6.45) is 5.26. The first kappa shape index (κ1) is 37.3. The van der Waals surface area contributed by atoms with E-state index in [1.165, 1.54) is 48.6 Å². The molecule has 0 saturated heterocycles. The molecule has 0 radical (unpaired) electrons. The lowest BCUT2D eigenvalue weighted by Crippen LogP contribution is -2.36. The predicted octanol–water partition coefficient (Wildman–Crippen LogP) is -4.18. The van der Waals surface area contributed by atoms with Crippen LogP contribution in [0.4, 0.5) is 0 Å². The van der Waals surface area contributed by atoms with Crippen LogP contribution in [0.15, 0.2) is 94.6 Å². The summed E-state index contributed by atoms with van der Waals surface area (Å²) < 4.78 is 0. The number of aliphatic carboxylic acids is 2. The molecular formula is C38H31N9O9-4. The number of nitrogens with zero attached hydrogens (tertiary/aromatic N) is 5. The van der Waals surface area contributed by atoms with E-state index in [2.05, 4.69) is 25.9 Å². The standard InChI is InChI=1S/C38H35N9O9/c39-1-2-40-34(48)19-3-24-13-46-15-26-5-20(35(49)50)9-30(42-26)32-11-22(37(53)54)7-28(44-32)17-47(14-25(4-19)41-24)18-29-8-23(38(55)56)12-33(45-29)31-10-21(36(51)52)6-27(16-46)43-31/h3-12,42,44H,1-2,13-18,39H2,(H,40,48)(H,49,50)(H,51,52)(H,53,54)(H,55,56)/p-4/b32-30-. The summed E-state index contributed by atoms with van der Waals surface area (Å²) in [5, 5.41) is 58.3. The van der Waals surface area contributed by atoms with Gasteiger partial charge in [-0.15, -0.1) is 0 Å². The second-order valence-corrected chi connectivity index (χ2v) is 13.4. The predicted molar refractivity (Wildman–Crippen MR) is 186 cm³/mol. The molecule has 0 aromatic carbocycles. The number of rotatable bonds is 7. The summed E-state index contributed by atoms with van der Waals surface area (Å²) >= 11 is 0. The Labute approximate surface area is 318 Å². The van der Waals surface area contributed by atoms with Crippen molar-refractivity contribution in [3.8, 4) is 11.4 Å². The minimum atomic E-state index is -1.53. The van der Waals surface area contributed by atoms with E-state index in [9.17, 15) is 44.4 Å². The summed E-state index contributed by atoms with van der Waals surface area (Å²) in [6.45, 7) is 0.121. The average molecular weight is 758 g/mol. The molecule has 2 unspecified atom stereocenters. The zero-order valence-corrected chi connectivity index (χ0v) is 29.4. The van der Waals surface area contributed by atoms with Gasteiger partial charge in [0.05, 0.1) is 69.4 Å². The molecule has 0 aliphatic carbocycles. The number of hydrogen-bond donors (Lipinski definition) is 4. The molecule has 4 aliphatic rings. The molecule has 4 aliphatic heterocycles. The topological polar surface area (TPSA) is 285 Å². The van der Waals surface area contributed by atoms with Gasteiger partial charge in [0.15, 0.2) is 0 Å². The summed E-state index contributed by atoms with van der Waals surface area (Å²) in [4.78, 5) is 80.3. The zero-order chi connectivity index (χ0) is 39.7. The van der Waals surface area contributed by atoms with E-state index in [0.717, 1.165) is 0 Å². The molecule has 1 amide bonds. The Balaban J connectivity index is 1.50. The van der Waals surface area contributed by atoms with Crippen molar-refractivity contribution in [1.82, 2.24) is 40.7 Å². The van der Waals surface area contributed by atoms with E-state index in [4.69, 9.17) is 10.7 Å². The normalized spacial score (nSPS) is 20.0. The summed E-state index contributed by atoms with van der Waals surface area (Å²) in [7, 11) is 0. The van der Waals surface area contributed by atoms with Crippen molar-refractivity contribution in [3.05, 3.63) is 134 Å². The first-order valence-electron chi connectivity index (χ1n) is 17.2. The highest BCUT2D eigenvalue weighted by Crippen LogP contribution is 2.26. The molecule has 0 spiro atoms. The van der Waals surface area contributed by atoms with E-state index >= 15 is 0 Å². The van der Waals surface area contributed by atoms with Crippen LogP contribution in [0.5, 0.6) is 0 Å². The number of hydrogen-bond acceptors (Lipinski definition) is 17. The first-order chi connectivity index (χ1) is 26.8. The van der Waals surface area contributed by atoms with Crippen LogP contribution in [0.2, 0.25) is 0 Å². The molecule has 2 atom stereocenters. The Morgan fingerprint density at radius 2 is 0.982 bits per heavy atom. The average Bonchev–Trinajstić information content (AvgIpc) is 3.15. The van der Waals surface area contributed by atoms with Gasteiger partial charge in [-0.3, -0.25) is 19.6 Å². The maximum Gasteiger partial charge on any atom is 0.251 e. The second-order valence-electron chi connectivity index (χ2n) is 13.4. The van der Waals surface area contributed by atoms with Crippen molar-refractivity contribution < 1.29 is 44.4 Å². The third-order valence-electron chi connectivity index (χ3n) is 9.06. The van der Waals surface area contributed by atoms with Crippen molar-refractivity contribution in [3.63, 3.8) is 0 Å². The lowest BCUT2D eigenvalue weighted by atomic mass is 10.0. The molecule has 0 saturated carbocycles. The third kappa shape index (κ3) is 8.36. The maximum absolute atomic E-state index is 13.4. The Morgan fingerprint density at radius 3 is 1.38 bits per heavy atom. The molecule has 56 heavy (non-hydrogen) atoms. The molecule has 7 heterocycles. The van der Waals surface area contributed by atoms with Crippen LogP contribution >= 0.6 is 0 Å². The number of aromatic carboxylic acids is 2. The Morgan fingerprint density at radius 1 is 0.571 bits per heavy atom. The molecule has 18 nitrogen and oxygen atoms in total. The number of allylic oxidation sites excluding steroid dienone is 2. The highest BCUT2D eigenvalue weighted by molar-refractivity contribution is 5.94. The molecule has 0 fully saturated rings. The zero-order valence-electron chi connectivity index (χ0n) is 29.4. The SMILES string of the molecule is NCCNC(=O)c1cc2nc(c1)CN1CC3=CC(C(=O)[O-])=C/C(=C4\C=C(C(=O)[O-])C=C(CN(C2)Cc2cc(C(=O)[O-])cc(n2)-c2cc(C(=O)[O-])cc(n2)C1)N4)N3. The maximum atomic E-state index is 13.4. The van der Waals surface area contributed by atoms with Gasteiger partial charge in [0.1, 0.15) is 0 Å². The number of amides is 1. The van der Waals surface area contributed by atoms with Crippen LogP contribution in [0.3, 0.4) is 0 Å². The fourth-order valence-electron chi connectivity index (χ4n) is 6.76. The Bertz CT molecular complexity index is 2230. The van der Waals surface area contributed by atoms with Gasteiger partial charge < -0.3 is 61.3 Å². The van der Waals surface area contributed by atoms with E-state index < -0.39 is 29.8 Å². The van der Waals surface area contributed by atoms with Gasteiger partial charge in [0.2, 0.25) is 0 Å². The Hall–Kier alpha value is -7.02. The van der Waals surface area contributed by atoms with Crippen molar-refractivity contribution in [2.75, 3.05) is 26.2 Å². The van der Waals surface area contributed by atoms with E-state index in [1.807, 2.05) is 0 Å². The fraction of sp³-hybridized carbons (Fsp3) is 0.211. The lowest BCUT2D eigenvalue weighted by molar-refractivity contribution is -0.300. The first-order valence-corrected chi connectivity index (χ1v) is 17.2. The van der Waals surface area contributed by atoms with Gasteiger partial charge in [0.25, 0.3) is 5.91 Å². The smallest absolute Gasteiger partial charge is 0.251 e. The molecule has 18 heteroatoms. The third-order valence-corrected chi connectivity index (χ3v) is 9.06. The van der Waals surface area contributed by atoms with Crippen LogP contribution in [0.25, 0.3) is 11.4 Å². The molecule has 5 N–H and O–H groups in total. The van der Waals surface area contributed by atoms with Crippen molar-refractivity contribution in [2.24, 2.45) is 5.73 Å². The van der Waals surface area contributed by atoms with Crippen LogP contribution in [0.1, 0.15) is 53.8 Å². The minimum absolute atomic E-state index is 0.0197. The number of fused-ring (bicyclic) bond motifs is 11. The largest absolute Gasteiger partial charge is 0.545 e. The number of dihydropyridines is 2. The van der Waals surface area contributed by atoms with Crippen molar-refractivity contribution >= 4 is 29.8 Å². The quantitative estimate of drug-likeness (QED) is 0.178. The highest BCUT2D eigenvalue weighted by Gasteiger charge is 2.24. The molecule has 286 valence electrons. The van der Waals surface area contributed by atoms with Gasteiger partial charge >= 0.3 is 0 Å². The number of aromatic nitrogens is 3. The minimum Gasteiger partial charge on any atom is -0.545 e. The van der Waals surface area contributed by atoms with Gasteiger partial charge in [0, 0.05) is 91.6 Å². The van der Waals surface area contributed by atoms with Crippen molar-refractivity contribution in [2.45, 2.75) is 26.2 Å². The number of carboxylic acids is 4. The number of carbonyl (C=O) groups excluding carboxylic acids is 5. The van der Waals surface area contributed by atoms with Crippen LogP contribution in [-0.4, -0.2) is 80.7 Å². The number of nitrogens with one attached hydrogen (secondary N) is 3. The van der Waals surface area contributed by atoms with Crippen LogP contribution in [-0.2, 0) is 35.8 Å². The van der Waals surface area contributed by atoms with Gasteiger partial charge in [-0.25, -0.2) is 9.97 Å². The summed E-state index contributed by atoms with van der Waals surface area (Å²) in [5.41, 5.74) is 7.15. The summed E-state index contributed by atoms with van der Waals surface area (Å²) in [6, 6.07) is 8.18. The fourth-order valence-corrected chi connectivity index (χ4v) is 6.76. The molecule has 3 aromatic rings. The van der Waals surface area contributed by atoms with Gasteiger partial charge in [-0.05, 0) is 60.7 Å². The second kappa shape index (κ2) is 15.4. The van der Waals surface area contributed by atoms with Crippen LogP contribution in [0, 0.1) is 0 Å². The van der Waals surface area contributed by atoms with Gasteiger partial charge in [-0.2, -0.15) is 0 Å². The van der Waals surface area contributed by atoms with Gasteiger partial charge in [-0.1, -0.05) is 0 Å². The highest BCUT2D eigenvalue weighted by atomic mass is 16.4. The monoisotopic (exact) mass is 757 g/mol. The molecule has 3 aromatic heterocycles.